The molecule has 1 fully saturated rings. The van der Waals surface area contributed by atoms with E-state index in [4.69, 9.17) is 4.74 Å². The Labute approximate surface area is 163 Å². The minimum Gasteiger partial charge on any atom is -0.465 e. The van der Waals surface area contributed by atoms with Gasteiger partial charge < -0.3 is 4.74 Å². The number of nitrogens with zero attached hydrogens (tertiary/aromatic N) is 3. The van der Waals surface area contributed by atoms with Crippen molar-refractivity contribution in [1.29, 1.82) is 0 Å². The molecular formula is C19H16BrN3O2S. The highest BCUT2D eigenvalue weighted by molar-refractivity contribution is 9.10. The van der Waals surface area contributed by atoms with E-state index < -0.39 is 0 Å². The molecule has 0 spiro atoms. The third-order valence-corrected chi connectivity index (χ3v) is 6.07. The molecule has 2 heterocycles. The number of esters is 1. The number of hydrogen-bond donors (Lipinski definition) is 0. The van der Waals surface area contributed by atoms with E-state index in [-0.39, 0.29) is 11.2 Å². The molecule has 0 bridgehead atoms. The lowest BCUT2D eigenvalue weighted by Gasteiger charge is -2.12. The normalized spacial score (nSPS) is 16.7. The Morgan fingerprint density at radius 1 is 1.12 bits per heavy atom. The van der Waals surface area contributed by atoms with Crippen LogP contribution in [0.3, 0.4) is 0 Å². The first-order valence-electron chi connectivity index (χ1n) is 8.27. The molecule has 0 unspecified atom stereocenters. The summed E-state index contributed by atoms with van der Waals surface area (Å²) in [4.78, 5) is 11.9. The maximum Gasteiger partial charge on any atom is 0.319 e. The predicted octanol–water partition coefficient (Wildman–Crippen LogP) is 4.16. The van der Waals surface area contributed by atoms with Gasteiger partial charge in [-0.2, -0.15) is 0 Å². The van der Waals surface area contributed by atoms with Crippen LogP contribution in [0.1, 0.15) is 12.0 Å². The zero-order valence-electron chi connectivity index (χ0n) is 13.8. The van der Waals surface area contributed by atoms with E-state index in [0.717, 1.165) is 26.6 Å². The second-order valence-corrected chi connectivity index (χ2v) is 7.94. The van der Waals surface area contributed by atoms with Crippen LogP contribution < -0.4 is 0 Å². The molecule has 132 valence electrons. The van der Waals surface area contributed by atoms with Gasteiger partial charge in [0, 0.05) is 16.5 Å². The summed E-state index contributed by atoms with van der Waals surface area (Å²) in [6.07, 6.45) is 0.700. The Balaban J connectivity index is 1.74. The third-order valence-electron chi connectivity index (χ3n) is 4.15. The summed E-state index contributed by atoms with van der Waals surface area (Å²) >= 11 is 5.02. The van der Waals surface area contributed by atoms with Crippen LogP contribution in [0.2, 0.25) is 0 Å². The third kappa shape index (κ3) is 3.54. The van der Waals surface area contributed by atoms with Crippen molar-refractivity contribution in [2.24, 2.45) is 0 Å². The number of carbonyl (C=O) groups is 1. The molecule has 5 nitrogen and oxygen atoms in total. The predicted molar refractivity (Wildman–Crippen MR) is 104 cm³/mol. The average molecular weight is 430 g/mol. The maximum absolute atomic E-state index is 11.9. The van der Waals surface area contributed by atoms with Gasteiger partial charge in [-0.1, -0.05) is 76.2 Å². The number of cyclic esters (lactones) is 1. The van der Waals surface area contributed by atoms with Gasteiger partial charge in [-0.15, -0.1) is 10.2 Å². The summed E-state index contributed by atoms with van der Waals surface area (Å²) in [5, 5.41) is 9.30. The molecule has 1 aliphatic rings. The second kappa shape index (κ2) is 7.63. The molecular weight excluding hydrogens is 414 g/mol. The van der Waals surface area contributed by atoms with E-state index in [9.17, 15) is 4.79 Å². The van der Waals surface area contributed by atoms with Gasteiger partial charge in [0.1, 0.15) is 5.25 Å². The van der Waals surface area contributed by atoms with Crippen molar-refractivity contribution in [3.63, 3.8) is 0 Å². The van der Waals surface area contributed by atoms with Crippen molar-refractivity contribution in [1.82, 2.24) is 14.8 Å². The highest BCUT2D eigenvalue weighted by Gasteiger charge is 2.30. The van der Waals surface area contributed by atoms with Gasteiger partial charge in [0.15, 0.2) is 11.0 Å². The first-order valence-corrected chi connectivity index (χ1v) is 9.95. The summed E-state index contributed by atoms with van der Waals surface area (Å²) in [7, 11) is 0. The van der Waals surface area contributed by atoms with E-state index in [0.29, 0.717) is 19.6 Å². The van der Waals surface area contributed by atoms with Gasteiger partial charge in [-0.05, 0) is 11.6 Å². The zero-order valence-corrected chi connectivity index (χ0v) is 16.2. The number of halogens is 1. The van der Waals surface area contributed by atoms with Crippen molar-refractivity contribution in [2.45, 2.75) is 23.4 Å². The molecule has 7 heteroatoms. The molecule has 2 aromatic carbocycles. The SMILES string of the molecule is O=C1OCC[C@H]1Sc1nnc(-c2ccccc2Br)n1Cc1ccccc1. The van der Waals surface area contributed by atoms with E-state index >= 15 is 0 Å². The largest absolute Gasteiger partial charge is 0.465 e. The highest BCUT2D eigenvalue weighted by Crippen LogP contribution is 2.33. The summed E-state index contributed by atoms with van der Waals surface area (Å²) < 4.78 is 8.10. The smallest absolute Gasteiger partial charge is 0.319 e. The minimum atomic E-state index is -0.221. The molecule has 4 rings (SSSR count). The van der Waals surface area contributed by atoms with Crippen LogP contribution in [-0.2, 0) is 16.1 Å². The Morgan fingerprint density at radius 2 is 1.88 bits per heavy atom. The first-order chi connectivity index (χ1) is 12.7. The molecule has 0 saturated carbocycles. The van der Waals surface area contributed by atoms with Crippen molar-refractivity contribution < 1.29 is 9.53 Å². The summed E-state index contributed by atoms with van der Waals surface area (Å²) in [5.74, 6) is 0.599. The topological polar surface area (TPSA) is 57.0 Å². The quantitative estimate of drug-likeness (QED) is 0.569. The van der Waals surface area contributed by atoms with Crippen LogP contribution in [0.4, 0.5) is 0 Å². The standard InChI is InChI=1S/C19H16BrN3O2S/c20-15-9-5-4-8-14(15)17-21-22-19(26-16-10-11-25-18(16)24)23(17)12-13-6-2-1-3-7-13/h1-9,16H,10-12H2/t16-/m1/s1. The van der Waals surface area contributed by atoms with Crippen LogP contribution in [0.25, 0.3) is 11.4 Å². The molecule has 0 N–H and O–H groups in total. The number of carbonyl (C=O) groups excluding carboxylic acids is 1. The van der Waals surface area contributed by atoms with Gasteiger partial charge in [-0.25, -0.2) is 0 Å². The second-order valence-electron chi connectivity index (χ2n) is 5.92. The number of rotatable bonds is 5. The average Bonchev–Trinajstić information content (AvgIpc) is 3.24. The summed E-state index contributed by atoms with van der Waals surface area (Å²) in [6.45, 7) is 1.11. The molecule has 0 amide bonds. The van der Waals surface area contributed by atoms with Crippen LogP contribution in [0, 0.1) is 0 Å². The molecule has 1 saturated heterocycles. The highest BCUT2D eigenvalue weighted by atomic mass is 79.9. The molecule has 3 aromatic rings. The van der Waals surface area contributed by atoms with Crippen molar-refractivity contribution in [3.05, 3.63) is 64.6 Å². The molecule has 0 radical (unpaired) electrons. The molecule has 1 atom stereocenters. The van der Waals surface area contributed by atoms with Gasteiger partial charge in [0.05, 0.1) is 13.2 Å². The number of aromatic nitrogens is 3. The van der Waals surface area contributed by atoms with Crippen LogP contribution in [0.15, 0.2) is 64.2 Å². The lowest BCUT2D eigenvalue weighted by molar-refractivity contribution is -0.137. The van der Waals surface area contributed by atoms with Crippen molar-refractivity contribution in [2.75, 3.05) is 6.61 Å². The summed E-state index contributed by atoms with van der Waals surface area (Å²) in [6, 6.07) is 18.1. The summed E-state index contributed by atoms with van der Waals surface area (Å²) in [5.41, 5.74) is 2.12. The van der Waals surface area contributed by atoms with Gasteiger partial charge >= 0.3 is 5.97 Å². The lowest BCUT2D eigenvalue weighted by atomic mass is 10.2. The number of ether oxygens (including phenoxy) is 1. The zero-order chi connectivity index (χ0) is 17.9. The van der Waals surface area contributed by atoms with E-state index in [1.54, 1.807) is 0 Å². The lowest BCUT2D eigenvalue weighted by Crippen LogP contribution is -2.12. The van der Waals surface area contributed by atoms with Crippen molar-refractivity contribution in [3.8, 4) is 11.4 Å². The van der Waals surface area contributed by atoms with Crippen LogP contribution >= 0.6 is 27.7 Å². The van der Waals surface area contributed by atoms with Crippen LogP contribution in [0.5, 0.6) is 0 Å². The first kappa shape index (κ1) is 17.3. The number of hydrogen-bond acceptors (Lipinski definition) is 5. The number of benzene rings is 2. The van der Waals surface area contributed by atoms with Crippen molar-refractivity contribution >= 4 is 33.7 Å². The Kier molecular flexibility index (Phi) is 5.08. The van der Waals surface area contributed by atoms with E-state index in [2.05, 4.69) is 42.8 Å². The van der Waals surface area contributed by atoms with E-state index in [1.165, 1.54) is 11.8 Å². The molecule has 0 aliphatic carbocycles. The molecule has 1 aliphatic heterocycles. The molecule has 26 heavy (non-hydrogen) atoms. The number of thioether (sulfide) groups is 1. The molecule has 1 aromatic heterocycles. The van der Waals surface area contributed by atoms with E-state index in [1.807, 2.05) is 42.5 Å². The Hall–Kier alpha value is -2.12. The Morgan fingerprint density at radius 3 is 2.62 bits per heavy atom. The maximum atomic E-state index is 11.9. The van der Waals surface area contributed by atoms with Gasteiger partial charge in [-0.3, -0.25) is 9.36 Å². The fraction of sp³-hybridized carbons (Fsp3) is 0.211. The minimum absolute atomic E-state index is 0.174. The monoisotopic (exact) mass is 429 g/mol. The fourth-order valence-corrected chi connectivity index (χ4v) is 4.30. The van der Waals surface area contributed by atoms with Crippen LogP contribution in [-0.4, -0.2) is 32.6 Å². The van der Waals surface area contributed by atoms with Gasteiger partial charge in [0.25, 0.3) is 0 Å². The Bertz CT molecular complexity index is 930. The fourth-order valence-electron chi connectivity index (χ4n) is 2.84. The van der Waals surface area contributed by atoms with Gasteiger partial charge in [0.2, 0.25) is 0 Å².